The van der Waals surface area contributed by atoms with Crippen molar-refractivity contribution in [3.05, 3.63) is 70.5 Å². The zero-order valence-corrected chi connectivity index (χ0v) is 15.4. The molecule has 0 aliphatic carbocycles. The second kappa shape index (κ2) is 8.47. The van der Waals surface area contributed by atoms with Gasteiger partial charge >= 0.3 is 6.18 Å². The van der Waals surface area contributed by atoms with Gasteiger partial charge in [0.2, 0.25) is 5.91 Å². The summed E-state index contributed by atoms with van der Waals surface area (Å²) >= 11 is 0.926. The number of amides is 1. The Morgan fingerprint density at radius 1 is 1.07 bits per heavy atom. The van der Waals surface area contributed by atoms with E-state index in [0.717, 1.165) is 17.3 Å². The van der Waals surface area contributed by atoms with E-state index < -0.39 is 18.6 Å². The summed E-state index contributed by atoms with van der Waals surface area (Å²) < 4.78 is 38.1. The Kier molecular flexibility index (Phi) is 6.03. The van der Waals surface area contributed by atoms with Gasteiger partial charge in [-0.15, -0.1) is 0 Å². The van der Waals surface area contributed by atoms with Crippen molar-refractivity contribution in [2.45, 2.75) is 17.9 Å². The first-order valence-electron chi connectivity index (χ1n) is 8.33. The number of halogens is 3. The van der Waals surface area contributed by atoms with Gasteiger partial charge in [0.1, 0.15) is 6.54 Å². The van der Waals surface area contributed by atoms with E-state index in [1.54, 1.807) is 24.3 Å². The lowest BCUT2D eigenvalue weighted by Crippen LogP contribution is -2.35. The summed E-state index contributed by atoms with van der Waals surface area (Å²) in [6, 6.07) is 16.0. The summed E-state index contributed by atoms with van der Waals surface area (Å²) in [6.45, 7) is -1.15. The molecule has 0 aliphatic rings. The molecule has 1 heterocycles. The van der Waals surface area contributed by atoms with Crippen LogP contribution in [0.5, 0.6) is 0 Å². The van der Waals surface area contributed by atoms with Crippen LogP contribution in [0, 0.1) is 0 Å². The van der Waals surface area contributed by atoms with Crippen molar-refractivity contribution in [3.63, 3.8) is 0 Å². The second-order valence-electron chi connectivity index (χ2n) is 5.97. The number of thioether (sulfide) groups is 1. The summed E-state index contributed by atoms with van der Waals surface area (Å²) in [6.07, 6.45) is -4.48. The van der Waals surface area contributed by atoms with E-state index >= 15 is 0 Å². The van der Waals surface area contributed by atoms with Crippen LogP contribution >= 0.6 is 11.8 Å². The first-order chi connectivity index (χ1) is 13.3. The maximum absolute atomic E-state index is 12.9. The number of nitrogens with one attached hydrogen (secondary N) is 1. The molecular weight excluding hydrogens is 391 g/mol. The molecule has 0 atom stereocenters. The highest BCUT2D eigenvalue weighted by Crippen LogP contribution is 2.19. The van der Waals surface area contributed by atoms with Crippen LogP contribution in [-0.4, -0.2) is 33.9 Å². The van der Waals surface area contributed by atoms with Crippen LogP contribution in [0.25, 0.3) is 10.9 Å². The van der Waals surface area contributed by atoms with Crippen molar-refractivity contribution in [1.29, 1.82) is 0 Å². The maximum Gasteiger partial charge on any atom is 0.405 e. The topological polar surface area (TPSA) is 64.0 Å². The van der Waals surface area contributed by atoms with E-state index in [9.17, 15) is 22.8 Å². The minimum Gasteiger partial charge on any atom is -0.346 e. The van der Waals surface area contributed by atoms with E-state index in [0.29, 0.717) is 10.9 Å². The van der Waals surface area contributed by atoms with Gasteiger partial charge in [-0.2, -0.15) is 13.2 Å². The molecule has 1 amide bonds. The van der Waals surface area contributed by atoms with Gasteiger partial charge in [0.15, 0.2) is 5.16 Å². The van der Waals surface area contributed by atoms with Gasteiger partial charge in [0.05, 0.1) is 23.2 Å². The van der Waals surface area contributed by atoms with Crippen molar-refractivity contribution in [2.75, 3.05) is 12.3 Å². The fraction of sp³-hybridized carbons (Fsp3) is 0.211. The van der Waals surface area contributed by atoms with Crippen LogP contribution in [0.3, 0.4) is 0 Å². The summed E-state index contributed by atoms with van der Waals surface area (Å²) in [7, 11) is 0. The summed E-state index contributed by atoms with van der Waals surface area (Å²) in [5.74, 6) is -1.06. The summed E-state index contributed by atoms with van der Waals surface area (Å²) in [5.41, 5.74) is 1.06. The molecular formula is C19H16F3N3O2S. The fourth-order valence-corrected chi connectivity index (χ4v) is 3.37. The van der Waals surface area contributed by atoms with Gasteiger partial charge in [-0.3, -0.25) is 14.2 Å². The van der Waals surface area contributed by atoms with Gasteiger partial charge in [-0.25, -0.2) is 4.98 Å². The van der Waals surface area contributed by atoms with Gasteiger partial charge < -0.3 is 5.32 Å². The largest absolute Gasteiger partial charge is 0.405 e. The van der Waals surface area contributed by atoms with Gasteiger partial charge in [0, 0.05) is 0 Å². The standard InChI is InChI=1S/C19H16F3N3O2S/c20-19(21,22)12-23-16(26)11-28-18-24-15-9-5-4-8-14(15)17(27)25(18)10-13-6-2-1-3-7-13/h1-9H,10-12H2,(H,23,26). The molecule has 0 radical (unpaired) electrons. The third-order valence-corrected chi connectivity index (χ3v) is 4.80. The van der Waals surface area contributed by atoms with Gasteiger partial charge in [-0.05, 0) is 17.7 Å². The van der Waals surface area contributed by atoms with Crippen molar-refractivity contribution in [2.24, 2.45) is 0 Å². The first kappa shape index (κ1) is 19.9. The van der Waals surface area contributed by atoms with Crippen molar-refractivity contribution < 1.29 is 18.0 Å². The highest BCUT2D eigenvalue weighted by atomic mass is 32.2. The Hall–Kier alpha value is -2.81. The molecule has 0 aliphatic heterocycles. The zero-order valence-electron chi connectivity index (χ0n) is 14.6. The van der Waals surface area contributed by atoms with Crippen LogP contribution in [0.1, 0.15) is 5.56 Å². The lowest BCUT2D eigenvalue weighted by Gasteiger charge is -2.13. The van der Waals surface area contributed by atoms with E-state index in [1.165, 1.54) is 4.57 Å². The minimum atomic E-state index is -4.48. The zero-order chi connectivity index (χ0) is 20.1. The van der Waals surface area contributed by atoms with Crippen LogP contribution in [0.15, 0.2) is 64.5 Å². The summed E-state index contributed by atoms with van der Waals surface area (Å²) in [5, 5.41) is 2.52. The predicted molar refractivity (Wildman–Crippen MR) is 101 cm³/mol. The molecule has 1 aromatic heterocycles. The Morgan fingerprint density at radius 2 is 1.75 bits per heavy atom. The molecule has 0 saturated heterocycles. The normalized spacial score (nSPS) is 11.5. The smallest absolute Gasteiger partial charge is 0.346 e. The Balaban J connectivity index is 1.88. The number of alkyl halides is 3. The second-order valence-corrected chi connectivity index (χ2v) is 6.91. The van der Waals surface area contributed by atoms with E-state index in [4.69, 9.17) is 0 Å². The number of fused-ring (bicyclic) bond motifs is 1. The van der Waals surface area contributed by atoms with Gasteiger partial charge in [-0.1, -0.05) is 54.2 Å². The Bertz CT molecular complexity index is 1040. The highest BCUT2D eigenvalue weighted by Gasteiger charge is 2.27. The van der Waals surface area contributed by atoms with E-state index in [-0.39, 0.29) is 23.0 Å². The number of hydrogen-bond donors (Lipinski definition) is 1. The molecule has 9 heteroatoms. The first-order valence-corrected chi connectivity index (χ1v) is 9.32. The molecule has 0 bridgehead atoms. The molecule has 1 N–H and O–H groups in total. The van der Waals surface area contributed by atoms with Crippen LogP contribution in [-0.2, 0) is 11.3 Å². The average molecular weight is 407 g/mol. The quantitative estimate of drug-likeness (QED) is 0.504. The number of para-hydroxylation sites is 1. The molecule has 0 fully saturated rings. The molecule has 0 saturated carbocycles. The van der Waals surface area contributed by atoms with Crippen LogP contribution in [0.4, 0.5) is 13.2 Å². The maximum atomic E-state index is 12.9. The van der Waals surface area contributed by atoms with Crippen molar-refractivity contribution in [3.8, 4) is 0 Å². The van der Waals surface area contributed by atoms with Crippen LogP contribution in [0.2, 0.25) is 0 Å². The average Bonchev–Trinajstić information content (AvgIpc) is 2.67. The molecule has 0 spiro atoms. The number of carbonyl (C=O) groups excluding carboxylic acids is 1. The van der Waals surface area contributed by atoms with Crippen LogP contribution < -0.4 is 10.9 Å². The molecule has 28 heavy (non-hydrogen) atoms. The number of carbonyl (C=O) groups is 1. The number of hydrogen-bond acceptors (Lipinski definition) is 4. The van der Waals surface area contributed by atoms with Gasteiger partial charge in [0.25, 0.3) is 5.56 Å². The fourth-order valence-electron chi connectivity index (χ4n) is 2.54. The Morgan fingerprint density at radius 3 is 2.46 bits per heavy atom. The third kappa shape index (κ3) is 5.13. The predicted octanol–water partition coefficient (Wildman–Crippen LogP) is 3.22. The molecule has 0 unspecified atom stereocenters. The molecule has 2 aromatic carbocycles. The number of aromatic nitrogens is 2. The summed E-state index contributed by atoms with van der Waals surface area (Å²) in [4.78, 5) is 29.1. The third-order valence-electron chi connectivity index (χ3n) is 3.83. The monoisotopic (exact) mass is 407 g/mol. The lowest BCUT2D eigenvalue weighted by atomic mass is 10.2. The highest BCUT2D eigenvalue weighted by molar-refractivity contribution is 7.99. The molecule has 3 rings (SSSR count). The van der Waals surface area contributed by atoms with E-state index in [2.05, 4.69) is 4.98 Å². The van der Waals surface area contributed by atoms with Crippen molar-refractivity contribution in [1.82, 2.24) is 14.9 Å². The lowest BCUT2D eigenvalue weighted by molar-refractivity contribution is -0.136. The number of rotatable bonds is 6. The van der Waals surface area contributed by atoms with Crippen molar-refractivity contribution >= 4 is 28.6 Å². The minimum absolute atomic E-state index is 0.240. The SMILES string of the molecule is O=C(CSc1nc2ccccc2c(=O)n1Cc1ccccc1)NCC(F)(F)F. The van der Waals surface area contributed by atoms with E-state index in [1.807, 2.05) is 35.6 Å². The Labute approximate surface area is 162 Å². The molecule has 146 valence electrons. The number of nitrogens with zero attached hydrogens (tertiary/aromatic N) is 2. The number of benzene rings is 2. The molecule has 3 aromatic rings. The molecule has 5 nitrogen and oxygen atoms in total.